The molecule has 0 atom stereocenters. The maximum absolute atomic E-state index is 13.8. The molecule has 0 radical (unpaired) electrons. The molecule has 7 nitrogen and oxygen atoms in total. The number of amides is 1. The summed E-state index contributed by atoms with van der Waals surface area (Å²) >= 11 is 0. The molecule has 2 aromatic carbocycles. The standard InChI is InChI=1S/C30H36N4O3/c1-6-21-10-8-11-22(7-2)26(21)31-30(36)27-25-13-9-12-23(19-33(3)4)29(35)28(25)34(32-27)18-20-14-16-24(37-5)17-15-20/h8,10-11,14-17,19H,6-7,9,12-13,18H2,1-5H3,(H,31,36)/b23-19+. The molecule has 1 N–H and O–H groups in total. The van der Waals surface area contributed by atoms with E-state index in [0.717, 1.165) is 58.5 Å². The van der Waals surface area contributed by atoms with Crippen molar-refractivity contribution in [1.82, 2.24) is 14.7 Å². The average Bonchev–Trinajstić information content (AvgIpc) is 3.17. The number of anilines is 1. The average molecular weight is 501 g/mol. The molecule has 0 aliphatic heterocycles. The number of aryl methyl sites for hydroxylation is 2. The Kier molecular flexibility index (Phi) is 8.11. The van der Waals surface area contributed by atoms with Gasteiger partial charge in [0.25, 0.3) is 5.91 Å². The van der Waals surface area contributed by atoms with Crippen LogP contribution in [-0.2, 0) is 25.8 Å². The van der Waals surface area contributed by atoms with Gasteiger partial charge < -0.3 is 15.0 Å². The lowest BCUT2D eigenvalue weighted by atomic mass is 10.0. The molecular weight excluding hydrogens is 464 g/mol. The Balaban J connectivity index is 1.79. The third kappa shape index (κ3) is 5.61. The highest BCUT2D eigenvalue weighted by atomic mass is 16.5. The molecule has 0 spiro atoms. The molecule has 1 amide bonds. The van der Waals surface area contributed by atoms with Gasteiger partial charge in [-0.3, -0.25) is 14.3 Å². The summed E-state index contributed by atoms with van der Waals surface area (Å²) < 4.78 is 6.99. The maximum Gasteiger partial charge on any atom is 0.276 e. The predicted octanol–water partition coefficient (Wildman–Crippen LogP) is 5.28. The van der Waals surface area contributed by atoms with Crippen molar-refractivity contribution in [2.45, 2.75) is 52.5 Å². The SMILES string of the molecule is CCc1cccc(CC)c1NC(=O)c1nn(Cc2ccc(OC)cc2)c2c1CCC/C(=C\N(C)C)C2=O. The molecule has 0 fully saturated rings. The smallest absolute Gasteiger partial charge is 0.276 e. The molecule has 0 unspecified atom stereocenters. The summed E-state index contributed by atoms with van der Waals surface area (Å²) in [7, 11) is 5.46. The number of carbonyl (C=O) groups excluding carboxylic acids is 2. The van der Waals surface area contributed by atoms with Crippen molar-refractivity contribution in [3.63, 3.8) is 0 Å². The molecule has 1 aliphatic carbocycles. The van der Waals surface area contributed by atoms with E-state index in [1.807, 2.05) is 67.7 Å². The Morgan fingerprint density at radius 2 is 1.76 bits per heavy atom. The van der Waals surface area contributed by atoms with Crippen LogP contribution in [0, 0.1) is 0 Å². The van der Waals surface area contributed by atoms with E-state index in [4.69, 9.17) is 9.84 Å². The summed E-state index contributed by atoms with van der Waals surface area (Å²) in [6.45, 7) is 4.54. The van der Waals surface area contributed by atoms with Gasteiger partial charge in [0.2, 0.25) is 5.78 Å². The van der Waals surface area contributed by atoms with E-state index in [0.29, 0.717) is 30.8 Å². The zero-order valence-corrected chi connectivity index (χ0v) is 22.4. The van der Waals surface area contributed by atoms with Gasteiger partial charge in [0.05, 0.1) is 13.7 Å². The van der Waals surface area contributed by atoms with Crippen molar-refractivity contribution in [3.8, 4) is 5.75 Å². The lowest BCUT2D eigenvalue weighted by Gasteiger charge is -2.14. The maximum atomic E-state index is 13.8. The number of fused-ring (bicyclic) bond motifs is 1. The summed E-state index contributed by atoms with van der Waals surface area (Å²) in [5.74, 6) is 0.425. The van der Waals surface area contributed by atoms with Crippen molar-refractivity contribution >= 4 is 17.4 Å². The minimum absolute atomic E-state index is 0.0653. The number of methoxy groups -OCH3 is 1. The third-order valence-electron chi connectivity index (χ3n) is 6.79. The van der Waals surface area contributed by atoms with Gasteiger partial charge in [-0.2, -0.15) is 5.10 Å². The number of rotatable bonds is 8. The van der Waals surface area contributed by atoms with E-state index in [1.54, 1.807) is 11.8 Å². The Morgan fingerprint density at radius 3 is 2.35 bits per heavy atom. The number of aromatic nitrogens is 2. The number of hydrogen-bond donors (Lipinski definition) is 1. The normalized spacial score (nSPS) is 14.3. The summed E-state index contributed by atoms with van der Waals surface area (Å²) in [5.41, 5.74) is 6.29. The zero-order chi connectivity index (χ0) is 26.5. The Labute approximate surface area is 219 Å². The number of hydrogen-bond acceptors (Lipinski definition) is 5. The van der Waals surface area contributed by atoms with Gasteiger partial charge in [0.1, 0.15) is 11.4 Å². The van der Waals surface area contributed by atoms with Crippen LogP contribution < -0.4 is 10.1 Å². The van der Waals surface area contributed by atoms with Crippen LogP contribution >= 0.6 is 0 Å². The van der Waals surface area contributed by atoms with Gasteiger partial charge in [-0.05, 0) is 60.9 Å². The number of benzene rings is 2. The van der Waals surface area contributed by atoms with Crippen LogP contribution in [0.2, 0.25) is 0 Å². The van der Waals surface area contributed by atoms with E-state index in [-0.39, 0.29) is 11.7 Å². The first-order valence-corrected chi connectivity index (χ1v) is 12.9. The summed E-state index contributed by atoms with van der Waals surface area (Å²) in [6, 6.07) is 13.8. The summed E-state index contributed by atoms with van der Waals surface area (Å²) in [4.78, 5) is 29.4. The fourth-order valence-corrected chi connectivity index (χ4v) is 4.92. The van der Waals surface area contributed by atoms with Crippen LogP contribution in [0.3, 0.4) is 0 Å². The second-order valence-corrected chi connectivity index (χ2v) is 9.59. The van der Waals surface area contributed by atoms with Gasteiger partial charge in [0, 0.05) is 37.1 Å². The van der Waals surface area contributed by atoms with Crippen LogP contribution in [0.25, 0.3) is 0 Å². The predicted molar refractivity (Wildman–Crippen MR) is 147 cm³/mol. The van der Waals surface area contributed by atoms with Crippen molar-refractivity contribution in [2.75, 3.05) is 26.5 Å². The Morgan fingerprint density at radius 1 is 1.08 bits per heavy atom. The van der Waals surface area contributed by atoms with E-state index in [2.05, 4.69) is 19.2 Å². The summed E-state index contributed by atoms with van der Waals surface area (Å²) in [5, 5.41) is 7.91. The highest BCUT2D eigenvalue weighted by molar-refractivity contribution is 6.12. The number of carbonyl (C=O) groups is 2. The van der Waals surface area contributed by atoms with E-state index >= 15 is 0 Å². The molecule has 4 rings (SSSR count). The molecule has 1 heterocycles. The van der Waals surface area contributed by atoms with Crippen LogP contribution in [0.4, 0.5) is 5.69 Å². The first-order valence-electron chi connectivity index (χ1n) is 12.9. The van der Waals surface area contributed by atoms with Gasteiger partial charge in [-0.15, -0.1) is 0 Å². The quantitative estimate of drug-likeness (QED) is 0.336. The second-order valence-electron chi connectivity index (χ2n) is 9.59. The number of Topliss-reactive ketones (excluding diaryl/α,β-unsaturated/α-hetero) is 1. The lowest BCUT2D eigenvalue weighted by Crippen LogP contribution is -2.17. The fraction of sp³-hybridized carbons (Fsp3) is 0.367. The molecule has 0 bridgehead atoms. The molecule has 1 aromatic heterocycles. The highest BCUT2D eigenvalue weighted by Crippen LogP contribution is 2.30. The van der Waals surface area contributed by atoms with Crippen molar-refractivity contribution in [2.24, 2.45) is 0 Å². The van der Waals surface area contributed by atoms with E-state index in [9.17, 15) is 9.59 Å². The number of nitrogens with one attached hydrogen (secondary N) is 1. The number of nitrogens with zero attached hydrogens (tertiary/aromatic N) is 3. The molecule has 37 heavy (non-hydrogen) atoms. The molecule has 7 heteroatoms. The first kappa shape index (κ1) is 26.2. The van der Waals surface area contributed by atoms with Gasteiger partial charge in [0.15, 0.2) is 5.69 Å². The molecular formula is C30H36N4O3. The van der Waals surface area contributed by atoms with Crippen molar-refractivity contribution < 1.29 is 14.3 Å². The number of ketones is 1. The molecule has 1 aliphatic rings. The number of ether oxygens (including phenoxy) is 1. The Bertz CT molecular complexity index is 1300. The highest BCUT2D eigenvalue weighted by Gasteiger charge is 2.31. The Hall–Kier alpha value is -3.87. The van der Waals surface area contributed by atoms with E-state index < -0.39 is 0 Å². The van der Waals surface area contributed by atoms with Gasteiger partial charge in [-0.1, -0.05) is 44.2 Å². The minimum Gasteiger partial charge on any atom is -0.497 e. The molecule has 0 saturated carbocycles. The van der Waals surface area contributed by atoms with Gasteiger partial charge in [-0.25, -0.2) is 0 Å². The zero-order valence-electron chi connectivity index (χ0n) is 22.4. The first-order chi connectivity index (χ1) is 17.9. The topological polar surface area (TPSA) is 76.5 Å². The van der Waals surface area contributed by atoms with E-state index in [1.165, 1.54) is 0 Å². The van der Waals surface area contributed by atoms with Gasteiger partial charge >= 0.3 is 0 Å². The second kappa shape index (κ2) is 11.5. The fourth-order valence-electron chi connectivity index (χ4n) is 4.92. The van der Waals surface area contributed by atoms with Crippen LogP contribution in [0.15, 0.2) is 54.2 Å². The largest absolute Gasteiger partial charge is 0.497 e. The lowest BCUT2D eigenvalue weighted by molar-refractivity contribution is 0.101. The summed E-state index contributed by atoms with van der Waals surface area (Å²) in [6.07, 6.45) is 5.56. The monoisotopic (exact) mass is 500 g/mol. The molecule has 3 aromatic rings. The molecule has 194 valence electrons. The minimum atomic E-state index is -0.270. The number of allylic oxidation sites excluding steroid dienone is 1. The van der Waals surface area contributed by atoms with Crippen LogP contribution in [0.1, 0.15) is 69.9 Å². The van der Waals surface area contributed by atoms with Crippen LogP contribution in [0.5, 0.6) is 5.75 Å². The third-order valence-corrected chi connectivity index (χ3v) is 6.79. The van der Waals surface area contributed by atoms with Crippen molar-refractivity contribution in [1.29, 1.82) is 0 Å². The number of para-hydroxylation sites is 1. The van der Waals surface area contributed by atoms with Crippen LogP contribution in [-0.4, -0.2) is 47.6 Å². The molecule has 0 saturated heterocycles. The van der Waals surface area contributed by atoms with Crippen molar-refractivity contribution in [3.05, 3.63) is 87.9 Å².